The van der Waals surface area contributed by atoms with Gasteiger partial charge >= 0.3 is 11.7 Å². The number of nitriles is 1. The molecule has 0 aromatic carbocycles. The molecule has 24 heavy (non-hydrogen) atoms. The lowest BCUT2D eigenvalue weighted by atomic mass is 10.2. The molecule has 9 heteroatoms. The average molecular weight is 333 g/mol. The topological polar surface area (TPSA) is 126 Å². The van der Waals surface area contributed by atoms with Crippen LogP contribution >= 0.6 is 0 Å². The van der Waals surface area contributed by atoms with Crippen LogP contribution in [-0.2, 0) is 24.3 Å². The molecule has 1 aliphatic heterocycles. The van der Waals surface area contributed by atoms with Crippen LogP contribution < -0.4 is 21.9 Å². The van der Waals surface area contributed by atoms with Crippen molar-refractivity contribution in [2.45, 2.75) is 39.8 Å². The molecule has 0 radical (unpaired) electrons. The van der Waals surface area contributed by atoms with Gasteiger partial charge in [-0.1, -0.05) is 13.8 Å². The maximum Gasteiger partial charge on any atom is 0.331 e. The third kappa shape index (κ3) is 3.53. The molecule has 2 N–H and O–H groups in total. The number of nitrogens with zero attached hydrogens (tertiary/aromatic N) is 3. The quantitative estimate of drug-likeness (QED) is 0.754. The van der Waals surface area contributed by atoms with E-state index < -0.39 is 29.7 Å². The Morgan fingerprint density at radius 1 is 1.33 bits per heavy atom. The van der Waals surface area contributed by atoms with Crippen molar-refractivity contribution in [3.05, 3.63) is 32.1 Å². The Balaban J connectivity index is 2.20. The first kappa shape index (κ1) is 17.5. The third-order valence-electron chi connectivity index (χ3n) is 3.67. The summed E-state index contributed by atoms with van der Waals surface area (Å²) in [6.07, 6.45) is 1.15. The number of urea groups is 1. The zero-order chi connectivity index (χ0) is 17.9. The number of nitrogens with one attached hydrogen (secondary N) is 2. The molecule has 0 bridgehead atoms. The van der Waals surface area contributed by atoms with E-state index in [1.165, 1.54) is 4.57 Å². The number of carbonyl (C=O) groups is 2. The van der Waals surface area contributed by atoms with Crippen LogP contribution in [0.4, 0.5) is 4.79 Å². The first-order valence-corrected chi connectivity index (χ1v) is 7.69. The molecule has 0 fully saturated rings. The molecule has 9 nitrogen and oxygen atoms in total. The lowest BCUT2D eigenvalue weighted by molar-refractivity contribution is -0.120. The van der Waals surface area contributed by atoms with Gasteiger partial charge < -0.3 is 5.32 Å². The van der Waals surface area contributed by atoms with E-state index in [0.29, 0.717) is 36.2 Å². The van der Waals surface area contributed by atoms with Crippen molar-refractivity contribution in [1.82, 2.24) is 19.8 Å². The van der Waals surface area contributed by atoms with Crippen LogP contribution in [0.1, 0.15) is 31.5 Å². The van der Waals surface area contributed by atoms with E-state index >= 15 is 0 Å². The second-order valence-electron chi connectivity index (χ2n) is 6.01. The van der Waals surface area contributed by atoms with Crippen molar-refractivity contribution in [3.8, 4) is 6.07 Å². The summed E-state index contributed by atoms with van der Waals surface area (Å²) in [5, 5.41) is 13.7. The minimum atomic E-state index is -0.798. The summed E-state index contributed by atoms with van der Waals surface area (Å²) in [4.78, 5) is 48.1. The predicted molar refractivity (Wildman–Crippen MR) is 84.4 cm³/mol. The molecule has 128 valence electrons. The summed E-state index contributed by atoms with van der Waals surface area (Å²) in [5.74, 6) is -0.578. The van der Waals surface area contributed by atoms with E-state index in [0.717, 1.165) is 0 Å². The van der Waals surface area contributed by atoms with Gasteiger partial charge in [0.25, 0.3) is 5.56 Å². The third-order valence-corrected chi connectivity index (χ3v) is 3.67. The molecular weight excluding hydrogens is 314 g/mol. The Hall–Kier alpha value is -2.89. The molecule has 2 rings (SSSR count). The number of carbonyl (C=O) groups excluding carboxylic acids is 2. The maximum absolute atomic E-state index is 12.3. The highest BCUT2D eigenvalue weighted by Crippen LogP contribution is 2.12. The number of hydrogen-bond donors (Lipinski definition) is 2. The Kier molecular flexibility index (Phi) is 5.18. The summed E-state index contributed by atoms with van der Waals surface area (Å²) in [5.41, 5.74) is -1.14. The largest absolute Gasteiger partial charge is 0.338 e. The minimum Gasteiger partial charge on any atom is -0.338 e. The molecule has 1 aromatic heterocycles. The van der Waals surface area contributed by atoms with E-state index in [2.05, 4.69) is 10.6 Å². The zero-order valence-corrected chi connectivity index (χ0v) is 13.6. The normalized spacial score (nSPS) is 12.6. The molecule has 1 aromatic rings. The Bertz CT molecular complexity index is 828. The van der Waals surface area contributed by atoms with Crippen LogP contribution in [0.2, 0.25) is 0 Å². The minimum absolute atomic E-state index is 0.121. The van der Waals surface area contributed by atoms with Gasteiger partial charge in [-0.25, -0.2) is 14.2 Å². The Morgan fingerprint density at radius 2 is 2.04 bits per heavy atom. The monoisotopic (exact) mass is 333 g/mol. The van der Waals surface area contributed by atoms with E-state index in [-0.39, 0.29) is 11.5 Å². The zero-order valence-electron chi connectivity index (χ0n) is 13.6. The molecular formula is C15H19N5O4. The summed E-state index contributed by atoms with van der Waals surface area (Å²) in [6, 6.07) is 1.11. The summed E-state index contributed by atoms with van der Waals surface area (Å²) < 4.78 is 2.03. The van der Waals surface area contributed by atoms with Gasteiger partial charge in [0.2, 0.25) is 5.91 Å². The van der Waals surface area contributed by atoms with Gasteiger partial charge in [0.05, 0.1) is 0 Å². The second kappa shape index (κ2) is 7.12. The van der Waals surface area contributed by atoms with Gasteiger partial charge in [0.15, 0.2) is 0 Å². The van der Waals surface area contributed by atoms with Crippen LogP contribution in [0, 0.1) is 17.2 Å². The summed E-state index contributed by atoms with van der Waals surface area (Å²) in [6.45, 7) is 3.98. The number of imide groups is 1. The SMILES string of the molecule is CC(C)CNC(=O)NC(=O)Cn1c(=O)c(C#N)c2n(c1=O)CCC2. The van der Waals surface area contributed by atoms with Crippen molar-refractivity contribution in [1.29, 1.82) is 5.26 Å². The molecule has 0 saturated carbocycles. The maximum atomic E-state index is 12.3. The van der Waals surface area contributed by atoms with Gasteiger partial charge in [-0.2, -0.15) is 5.26 Å². The average Bonchev–Trinajstić information content (AvgIpc) is 2.99. The van der Waals surface area contributed by atoms with E-state index in [4.69, 9.17) is 5.26 Å². The molecule has 3 amide bonds. The van der Waals surface area contributed by atoms with Gasteiger partial charge in [0, 0.05) is 18.8 Å². The van der Waals surface area contributed by atoms with Gasteiger partial charge in [-0.15, -0.1) is 0 Å². The van der Waals surface area contributed by atoms with Gasteiger partial charge in [-0.05, 0) is 18.8 Å². The van der Waals surface area contributed by atoms with E-state index in [1.54, 1.807) is 6.07 Å². The predicted octanol–water partition coefficient (Wildman–Crippen LogP) is -0.690. The van der Waals surface area contributed by atoms with Crippen LogP contribution in [-0.4, -0.2) is 27.6 Å². The van der Waals surface area contributed by atoms with Crippen molar-refractivity contribution in [2.24, 2.45) is 5.92 Å². The van der Waals surface area contributed by atoms with Gasteiger partial charge in [0.1, 0.15) is 18.2 Å². The fourth-order valence-corrected chi connectivity index (χ4v) is 2.54. The molecule has 2 heterocycles. The van der Waals surface area contributed by atoms with Crippen LogP contribution in [0.15, 0.2) is 9.59 Å². The first-order chi connectivity index (χ1) is 11.3. The number of hydrogen-bond acceptors (Lipinski definition) is 5. The summed E-state index contributed by atoms with van der Waals surface area (Å²) in [7, 11) is 0. The highest BCUT2D eigenvalue weighted by molar-refractivity contribution is 5.94. The molecule has 0 aliphatic carbocycles. The van der Waals surface area contributed by atoms with Crippen molar-refractivity contribution < 1.29 is 9.59 Å². The Labute approximate surface area is 137 Å². The fraction of sp³-hybridized carbons (Fsp3) is 0.533. The van der Waals surface area contributed by atoms with E-state index in [1.807, 2.05) is 13.8 Å². The molecule has 1 aliphatic rings. The first-order valence-electron chi connectivity index (χ1n) is 7.69. The van der Waals surface area contributed by atoms with Crippen molar-refractivity contribution in [2.75, 3.05) is 6.54 Å². The molecule has 0 spiro atoms. The van der Waals surface area contributed by atoms with E-state index in [9.17, 15) is 19.2 Å². The van der Waals surface area contributed by atoms with Crippen molar-refractivity contribution in [3.63, 3.8) is 0 Å². The lowest BCUT2D eigenvalue weighted by Crippen LogP contribution is -2.47. The highest BCUT2D eigenvalue weighted by atomic mass is 16.2. The number of amides is 3. The number of aromatic nitrogens is 2. The van der Waals surface area contributed by atoms with Crippen molar-refractivity contribution >= 4 is 11.9 Å². The van der Waals surface area contributed by atoms with Crippen LogP contribution in [0.5, 0.6) is 0 Å². The fourth-order valence-electron chi connectivity index (χ4n) is 2.54. The van der Waals surface area contributed by atoms with Crippen LogP contribution in [0.3, 0.4) is 0 Å². The standard InChI is InChI=1S/C15H19N5O4/c1-9(2)7-17-14(23)18-12(21)8-20-13(22)10(6-16)11-4-3-5-19(11)15(20)24/h9H,3-5,7-8H2,1-2H3,(H2,17,18,21,23). The Morgan fingerprint density at radius 3 is 2.67 bits per heavy atom. The lowest BCUT2D eigenvalue weighted by Gasteiger charge is -2.11. The molecule has 0 saturated heterocycles. The number of fused-ring (bicyclic) bond motifs is 1. The molecule has 0 unspecified atom stereocenters. The molecule has 0 atom stereocenters. The highest BCUT2D eigenvalue weighted by Gasteiger charge is 2.23. The van der Waals surface area contributed by atoms with Gasteiger partial charge in [-0.3, -0.25) is 19.5 Å². The second-order valence-corrected chi connectivity index (χ2v) is 6.01. The smallest absolute Gasteiger partial charge is 0.331 e. The van der Waals surface area contributed by atoms with Crippen LogP contribution in [0.25, 0.3) is 0 Å². The summed E-state index contributed by atoms with van der Waals surface area (Å²) >= 11 is 0. The number of rotatable bonds is 4.